The van der Waals surface area contributed by atoms with Crippen LogP contribution in [0.25, 0.3) is 0 Å². The Labute approximate surface area is 137 Å². The molecule has 1 heterocycles. The molecule has 0 bridgehead atoms. The maximum absolute atomic E-state index is 13.1. The van der Waals surface area contributed by atoms with Gasteiger partial charge in [0.25, 0.3) is 5.91 Å². The van der Waals surface area contributed by atoms with Gasteiger partial charge in [0, 0.05) is 22.4 Å². The molecule has 0 aromatic carbocycles. The van der Waals surface area contributed by atoms with E-state index in [0.717, 1.165) is 9.77 Å². The molecular weight excluding hydrogens is 298 g/mol. The van der Waals surface area contributed by atoms with E-state index in [-0.39, 0.29) is 5.91 Å². The Morgan fingerprint density at radius 1 is 1.00 bits per heavy atom. The molecule has 21 heavy (non-hydrogen) atoms. The second-order valence-corrected chi connectivity index (χ2v) is 7.89. The molecule has 0 aliphatic heterocycles. The van der Waals surface area contributed by atoms with Crippen molar-refractivity contribution in [3.05, 3.63) is 16.3 Å². The van der Waals surface area contributed by atoms with E-state index in [2.05, 4.69) is 17.5 Å². The first kappa shape index (κ1) is 15.4. The fraction of sp³-hybridized carbons (Fsp3) is 0.706. The number of carbonyl (C=O) groups is 1. The van der Waals surface area contributed by atoms with Crippen LogP contribution >= 0.6 is 24.0 Å². The molecule has 0 spiro atoms. The molecule has 0 saturated heterocycles. The van der Waals surface area contributed by atoms with Gasteiger partial charge in [-0.15, -0.1) is 24.0 Å². The van der Waals surface area contributed by atoms with Crippen molar-refractivity contribution >= 4 is 29.9 Å². The van der Waals surface area contributed by atoms with E-state index in [1.807, 2.05) is 11.4 Å². The summed E-state index contributed by atoms with van der Waals surface area (Å²) < 4.78 is 0. The predicted octanol–water partition coefficient (Wildman–Crippen LogP) is 5.14. The van der Waals surface area contributed by atoms with E-state index in [1.165, 1.54) is 64.2 Å². The fourth-order valence-electron chi connectivity index (χ4n) is 3.91. The molecule has 1 aromatic rings. The fourth-order valence-corrected chi connectivity index (χ4v) is 5.01. The molecule has 0 radical (unpaired) electrons. The number of hydrogen-bond acceptors (Lipinski definition) is 3. The topological polar surface area (TPSA) is 20.3 Å². The number of amides is 1. The summed E-state index contributed by atoms with van der Waals surface area (Å²) in [6.07, 6.45) is 12.6. The van der Waals surface area contributed by atoms with Crippen LogP contribution in [-0.4, -0.2) is 22.9 Å². The Balaban J connectivity index is 1.81. The minimum Gasteiger partial charge on any atom is -0.332 e. The number of thiophene rings is 1. The molecule has 2 nitrogen and oxygen atoms in total. The highest BCUT2D eigenvalue weighted by Crippen LogP contribution is 2.32. The molecule has 0 N–H and O–H groups in total. The third-order valence-corrected chi connectivity index (χ3v) is 6.32. The summed E-state index contributed by atoms with van der Waals surface area (Å²) in [4.78, 5) is 17.1. The van der Waals surface area contributed by atoms with E-state index in [1.54, 1.807) is 11.3 Å². The van der Waals surface area contributed by atoms with Crippen molar-refractivity contribution in [3.63, 3.8) is 0 Å². The lowest BCUT2D eigenvalue weighted by Crippen LogP contribution is -2.48. The zero-order chi connectivity index (χ0) is 14.7. The summed E-state index contributed by atoms with van der Waals surface area (Å²) in [5.74, 6) is 0.263. The van der Waals surface area contributed by atoms with E-state index in [9.17, 15) is 4.79 Å². The van der Waals surface area contributed by atoms with Gasteiger partial charge in [-0.2, -0.15) is 0 Å². The van der Waals surface area contributed by atoms with Crippen LogP contribution in [0.5, 0.6) is 0 Å². The Hall–Kier alpha value is -0.480. The first-order chi connectivity index (χ1) is 10.3. The van der Waals surface area contributed by atoms with Gasteiger partial charge >= 0.3 is 0 Å². The number of nitrogens with zero attached hydrogens (tertiary/aromatic N) is 1. The molecule has 0 atom stereocenters. The average molecular weight is 324 g/mol. The van der Waals surface area contributed by atoms with Crippen molar-refractivity contribution in [2.24, 2.45) is 0 Å². The van der Waals surface area contributed by atoms with Crippen molar-refractivity contribution < 1.29 is 4.79 Å². The van der Waals surface area contributed by atoms with Crippen molar-refractivity contribution in [3.8, 4) is 0 Å². The average Bonchev–Trinajstić information content (AvgIpc) is 2.96. The van der Waals surface area contributed by atoms with Crippen LogP contribution in [0.3, 0.4) is 0 Å². The third kappa shape index (κ3) is 3.65. The summed E-state index contributed by atoms with van der Waals surface area (Å²) in [5.41, 5.74) is 0. The Morgan fingerprint density at radius 2 is 1.52 bits per heavy atom. The summed E-state index contributed by atoms with van der Waals surface area (Å²) in [7, 11) is 0. The van der Waals surface area contributed by atoms with Gasteiger partial charge in [-0.25, -0.2) is 0 Å². The molecule has 1 amide bonds. The molecule has 116 valence electrons. The smallest absolute Gasteiger partial charge is 0.264 e. The normalized spacial score (nSPS) is 21.4. The number of carbonyl (C=O) groups excluding carboxylic acids is 1. The van der Waals surface area contributed by atoms with Gasteiger partial charge in [0.2, 0.25) is 0 Å². The largest absolute Gasteiger partial charge is 0.332 e. The molecule has 1 aromatic heterocycles. The molecule has 0 unspecified atom stereocenters. The van der Waals surface area contributed by atoms with Gasteiger partial charge in [-0.3, -0.25) is 4.79 Å². The van der Waals surface area contributed by atoms with Gasteiger partial charge in [-0.05, 0) is 31.7 Å². The zero-order valence-electron chi connectivity index (χ0n) is 12.6. The SMILES string of the molecule is O=C(c1cc(S)cs1)N(C1CCCCC1)C1CCCCC1. The molecule has 2 aliphatic carbocycles. The van der Waals surface area contributed by atoms with Crippen molar-refractivity contribution in [1.29, 1.82) is 0 Å². The third-order valence-electron chi connectivity index (χ3n) is 4.97. The van der Waals surface area contributed by atoms with Gasteiger partial charge in [0.05, 0.1) is 4.88 Å². The van der Waals surface area contributed by atoms with Gasteiger partial charge in [-0.1, -0.05) is 38.5 Å². The Morgan fingerprint density at radius 3 is 1.95 bits per heavy atom. The van der Waals surface area contributed by atoms with Gasteiger partial charge < -0.3 is 4.90 Å². The first-order valence-corrected chi connectivity index (χ1v) is 9.68. The summed E-state index contributed by atoms with van der Waals surface area (Å²) >= 11 is 5.91. The Bertz CT molecular complexity index is 455. The molecule has 4 heteroatoms. The second kappa shape index (κ2) is 7.19. The van der Waals surface area contributed by atoms with Crippen LogP contribution in [0.15, 0.2) is 16.3 Å². The molecule has 2 fully saturated rings. The molecule has 3 rings (SSSR count). The number of thiol groups is 1. The molecule has 2 saturated carbocycles. The predicted molar refractivity (Wildman–Crippen MR) is 91.5 cm³/mol. The quantitative estimate of drug-likeness (QED) is 0.763. The zero-order valence-corrected chi connectivity index (χ0v) is 14.3. The molecular formula is C17H25NOS2. The summed E-state index contributed by atoms with van der Waals surface area (Å²) in [6.45, 7) is 0. The van der Waals surface area contributed by atoms with Gasteiger partial charge in [0.1, 0.15) is 0 Å². The minimum absolute atomic E-state index is 0.263. The first-order valence-electron chi connectivity index (χ1n) is 8.36. The lowest BCUT2D eigenvalue weighted by molar-refractivity contribution is 0.0453. The lowest BCUT2D eigenvalue weighted by atomic mass is 9.88. The highest BCUT2D eigenvalue weighted by molar-refractivity contribution is 7.80. The van der Waals surface area contributed by atoms with Crippen LogP contribution in [0.4, 0.5) is 0 Å². The van der Waals surface area contributed by atoms with Crippen LogP contribution in [-0.2, 0) is 0 Å². The van der Waals surface area contributed by atoms with Crippen LogP contribution in [0.2, 0.25) is 0 Å². The maximum atomic E-state index is 13.1. The van der Waals surface area contributed by atoms with Crippen molar-refractivity contribution in [1.82, 2.24) is 4.90 Å². The van der Waals surface area contributed by atoms with E-state index in [4.69, 9.17) is 0 Å². The summed E-state index contributed by atoms with van der Waals surface area (Å²) in [5, 5.41) is 1.97. The van der Waals surface area contributed by atoms with Crippen LogP contribution in [0.1, 0.15) is 73.9 Å². The highest BCUT2D eigenvalue weighted by Gasteiger charge is 2.33. The Kier molecular flexibility index (Phi) is 5.28. The maximum Gasteiger partial charge on any atom is 0.264 e. The minimum atomic E-state index is 0.263. The number of hydrogen-bond donors (Lipinski definition) is 1. The van der Waals surface area contributed by atoms with E-state index < -0.39 is 0 Å². The standard InChI is InChI=1S/C17H25NOS2/c19-17(16-11-15(20)12-21-16)18(13-7-3-1-4-8-13)14-9-5-2-6-10-14/h11-14,20H,1-10H2. The van der Waals surface area contributed by atoms with E-state index in [0.29, 0.717) is 12.1 Å². The van der Waals surface area contributed by atoms with Crippen LogP contribution in [0, 0.1) is 0 Å². The van der Waals surface area contributed by atoms with Gasteiger partial charge in [0.15, 0.2) is 0 Å². The second-order valence-electron chi connectivity index (χ2n) is 6.47. The lowest BCUT2D eigenvalue weighted by Gasteiger charge is -2.41. The summed E-state index contributed by atoms with van der Waals surface area (Å²) in [6, 6.07) is 2.88. The highest BCUT2D eigenvalue weighted by atomic mass is 32.1. The molecule has 2 aliphatic rings. The number of rotatable bonds is 3. The van der Waals surface area contributed by atoms with Crippen molar-refractivity contribution in [2.45, 2.75) is 81.2 Å². The van der Waals surface area contributed by atoms with Crippen molar-refractivity contribution in [2.75, 3.05) is 0 Å². The van der Waals surface area contributed by atoms with E-state index >= 15 is 0 Å². The monoisotopic (exact) mass is 323 g/mol. The van der Waals surface area contributed by atoms with Crippen LogP contribution < -0.4 is 0 Å².